The smallest absolute Gasteiger partial charge is 0.137 e. The molecule has 5 heteroatoms. The van der Waals surface area contributed by atoms with Crippen molar-refractivity contribution < 1.29 is 9.90 Å². The minimum absolute atomic E-state index is 0.0428. The summed E-state index contributed by atoms with van der Waals surface area (Å²) in [5.41, 5.74) is 0.779. The van der Waals surface area contributed by atoms with Crippen molar-refractivity contribution in [3.8, 4) is 0 Å². The highest BCUT2D eigenvalue weighted by Gasteiger charge is 2.18. The van der Waals surface area contributed by atoms with Gasteiger partial charge in [-0.3, -0.25) is 0 Å². The van der Waals surface area contributed by atoms with Gasteiger partial charge < -0.3 is 15.2 Å². The Morgan fingerprint density at radius 1 is 1.37 bits per heavy atom. The number of nitrogens with one attached hydrogen (secondary N) is 1. The summed E-state index contributed by atoms with van der Waals surface area (Å²) >= 11 is 0. The van der Waals surface area contributed by atoms with E-state index in [1.165, 1.54) is 6.33 Å². The standard InChI is InChI=1S/C14H17N3O2/c1-3-9(2)12(14(18)19)17-13-10-6-4-5-7-11(10)15-8-16-13/h4-9,12H,3H2,1-2H3,(H,18,19)(H,15,16,17)/p-1/t9-,12+/m0/s1. The fraction of sp³-hybridized carbons (Fsp3) is 0.357. The van der Waals surface area contributed by atoms with E-state index in [4.69, 9.17) is 0 Å². The number of hydrogen-bond acceptors (Lipinski definition) is 5. The van der Waals surface area contributed by atoms with Gasteiger partial charge in [0.05, 0.1) is 17.5 Å². The zero-order valence-electron chi connectivity index (χ0n) is 11.0. The number of carbonyl (C=O) groups excluding carboxylic acids is 1. The highest BCUT2D eigenvalue weighted by atomic mass is 16.4. The van der Waals surface area contributed by atoms with Crippen molar-refractivity contribution in [3.63, 3.8) is 0 Å². The number of carboxylic acid groups (broad SMARTS) is 1. The Morgan fingerprint density at radius 3 is 2.79 bits per heavy atom. The molecule has 0 aliphatic carbocycles. The summed E-state index contributed by atoms with van der Waals surface area (Å²) in [7, 11) is 0. The van der Waals surface area contributed by atoms with Gasteiger partial charge in [0.25, 0.3) is 0 Å². The molecule has 0 spiro atoms. The van der Waals surface area contributed by atoms with Crippen LogP contribution >= 0.6 is 0 Å². The normalized spacial score (nSPS) is 14.0. The van der Waals surface area contributed by atoms with Crippen LogP contribution in [0.4, 0.5) is 5.82 Å². The summed E-state index contributed by atoms with van der Waals surface area (Å²) in [6.07, 6.45) is 2.17. The Kier molecular flexibility index (Phi) is 3.94. The third-order valence-electron chi connectivity index (χ3n) is 3.30. The second kappa shape index (κ2) is 5.65. The quantitative estimate of drug-likeness (QED) is 0.872. The molecule has 2 atom stereocenters. The minimum atomic E-state index is -1.11. The number of aromatic nitrogens is 2. The maximum atomic E-state index is 11.2. The second-order valence-electron chi connectivity index (χ2n) is 4.57. The summed E-state index contributed by atoms with van der Waals surface area (Å²) < 4.78 is 0. The number of benzene rings is 1. The summed E-state index contributed by atoms with van der Waals surface area (Å²) in [5, 5.41) is 15.0. The van der Waals surface area contributed by atoms with Crippen molar-refractivity contribution in [3.05, 3.63) is 30.6 Å². The van der Waals surface area contributed by atoms with Crippen molar-refractivity contribution in [2.45, 2.75) is 26.3 Å². The number of aliphatic carboxylic acids is 1. The van der Waals surface area contributed by atoms with E-state index in [-0.39, 0.29) is 5.92 Å². The van der Waals surface area contributed by atoms with E-state index in [2.05, 4.69) is 15.3 Å². The highest BCUT2D eigenvalue weighted by molar-refractivity contribution is 5.90. The van der Waals surface area contributed by atoms with Gasteiger partial charge in [0, 0.05) is 5.39 Å². The molecule has 0 radical (unpaired) electrons. The molecular formula is C14H16N3O2-. The summed E-state index contributed by atoms with van der Waals surface area (Å²) in [6.45, 7) is 3.82. The Labute approximate surface area is 111 Å². The lowest BCUT2D eigenvalue weighted by molar-refractivity contribution is -0.307. The van der Waals surface area contributed by atoms with Crippen LogP contribution < -0.4 is 10.4 Å². The molecule has 1 N–H and O–H groups in total. The molecule has 0 aliphatic rings. The number of anilines is 1. The lowest BCUT2D eigenvalue weighted by Crippen LogP contribution is -2.45. The lowest BCUT2D eigenvalue weighted by atomic mass is 9.99. The molecule has 5 nitrogen and oxygen atoms in total. The average Bonchev–Trinajstić information content (AvgIpc) is 2.43. The van der Waals surface area contributed by atoms with E-state index in [9.17, 15) is 9.90 Å². The van der Waals surface area contributed by atoms with Gasteiger partial charge in [0.15, 0.2) is 0 Å². The Morgan fingerprint density at radius 2 is 2.11 bits per heavy atom. The molecule has 2 rings (SSSR count). The Bertz CT molecular complexity index is 580. The molecule has 0 saturated heterocycles. The lowest BCUT2D eigenvalue weighted by Gasteiger charge is -2.26. The number of carboxylic acids is 1. The fourth-order valence-electron chi connectivity index (χ4n) is 1.94. The van der Waals surface area contributed by atoms with E-state index in [1.807, 2.05) is 38.1 Å². The number of carbonyl (C=O) groups is 1. The van der Waals surface area contributed by atoms with Gasteiger partial charge in [-0.05, 0) is 18.1 Å². The number of fused-ring (bicyclic) bond motifs is 1. The van der Waals surface area contributed by atoms with Crippen LogP contribution in [0.1, 0.15) is 20.3 Å². The fourth-order valence-corrected chi connectivity index (χ4v) is 1.94. The molecular weight excluding hydrogens is 242 g/mol. The summed E-state index contributed by atoms with van der Waals surface area (Å²) in [5.74, 6) is -0.629. The van der Waals surface area contributed by atoms with Crippen molar-refractivity contribution >= 4 is 22.7 Å². The van der Waals surface area contributed by atoms with Gasteiger partial charge in [0.2, 0.25) is 0 Å². The largest absolute Gasteiger partial charge is 0.548 e. The van der Waals surface area contributed by atoms with Crippen LogP contribution in [0.25, 0.3) is 10.9 Å². The second-order valence-corrected chi connectivity index (χ2v) is 4.57. The van der Waals surface area contributed by atoms with E-state index in [0.29, 0.717) is 5.82 Å². The van der Waals surface area contributed by atoms with Gasteiger partial charge in [-0.25, -0.2) is 9.97 Å². The SMILES string of the molecule is CC[C@H](C)[C@@H](Nc1ncnc2ccccc12)C(=O)[O-]. The minimum Gasteiger partial charge on any atom is -0.548 e. The van der Waals surface area contributed by atoms with Crippen LogP contribution in [-0.2, 0) is 4.79 Å². The molecule has 2 aromatic rings. The topological polar surface area (TPSA) is 77.9 Å². The van der Waals surface area contributed by atoms with Crippen molar-refractivity contribution in [2.24, 2.45) is 5.92 Å². The number of rotatable bonds is 5. The predicted octanol–water partition coefficient (Wildman–Crippen LogP) is 1.21. The maximum absolute atomic E-state index is 11.2. The number of nitrogens with zero attached hydrogens (tertiary/aromatic N) is 2. The van der Waals surface area contributed by atoms with Crippen LogP contribution in [0.3, 0.4) is 0 Å². The molecule has 0 saturated carbocycles. The first-order chi connectivity index (χ1) is 9.13. The third-order valence-corrected chi connectivity index (χ3v) is 3.30. The van der Waals surface area contributed by atoms with E-state index in [1.54, 1.807) is 0 Å². The van der Waals surface area contributed by atoms with Gasteiger partial charge in [-0.1, -0.05) is 32.4 Å². The van der Waals surface area contributed by atoms with Gasteiger partial charge >= 0.3 is 0 Å². The molecule has 1 aromatic carbocycles. The van der Waals surface area contributed by atoms with Crippen LogP contribution in [0.2, 0.25) is 0 Å². The first kappa shape index (κ1) is 13.3. The summed E-state index contributed by atoms with van der Waals surface area (Å²) in [6, 6.07) is 6.71. The van der Waals surface area contributed by atoms with E-state index < -0.39 is 12.0 Å². The first-order valence-electron chi connectivity index (χ1n) is 6.30. The van der Waals surface area contributed by atoms with Crippen LogP contribution in [0, 0.1) is 5.92 Å². The van der Waals surface area contributed by atoms with Crippen molar-refractivity contribution in [1.29, 1.82) is 0 Å². The van der Waals surface area contributed by atoms with Crippen LogP contribution in [0.5, 0.6) is 0 Å². The molecule has 0 fully saturated rings. The maximum Gasteiger partial charge on any atom is 0.137 e. The highest BCUT2D eigenvalue weighted by Crippen LogP contribution is 2.21. The van der Waals surface area contributed by atoms with Crippen molar-refractivity contribution in [1.82, 2.24) is 9.97 Å². The first-order valence-corrected chi connectivity index (χ1v) is 6.30. The molecule has 1 heterocycles. The Balaban J connectivity index is 2.36. The van der Waals surface area contributed by atoms with Gasteiger partial charge in [0.1, 0.15) is 12.1 Å². The number of hydrogen-bond donors (Lipinski definition) is 1. The molecule has 0 unspecified atom stereocenters. The van der Waals surface area contributed by atoms with Crippen LogP contribution in [-0.4, -0.2) is 22.0 Å². The Hall–Kier alpha value is -2.17. The third kappa shape index (κ3) is 2.81. The van der Waals surface area contributed by atoms with Gasteiger partial charge in [-0.15, -0.1) is 0 Å². The van der Waals surface area contributed by atoms with E-state index >= 15 is 0 Å². The molecule has 19 heavy (non-hydrogen) atoms. The molecule has 0 aliphatic heterocycles. The van der Waals surface area contributed by atoms with Crippen LogP contribution in [0.15, 0.2) is 30.6 Å². The summed E-state index contributed by atoms with van der Waals surface area (Å²) in [4.78, 5) is 19.5. The average molecular weight is 258 g/mol. The zero-order chi connectivity index (χ0) is 13.8. The zero-order valence-corrected chi connectivity index (χ0v) is 11.0. The van der Waals surface area contributed by atoms with E-state index in [0.717, 1.165) is 17.3 Å². The number of para-hydroxylation sites is 1. The molecule has 1 aromatic heterocycles. The molecule has 100 valence electrons. The monoisotopic (exact) mass is 258 g/mol. The molecule has 0 bridgehead atoms. The molecule has 0 amide bonds. The van der Waals surface area contributed by atoms with Crippen molar-refractivity contribution in [2.75, 3.05) is 5.32 Å². The van der Waals surface area contributed by atoms with Gasteiger partial charge in [-0.2, -0.15) is 0 Å². The predicted molar refractivity (Wildman–Crippen MR) is 71.4 cm³/mol.